The van der Waals surface area contributed by atoms with E-state index in [0.29, 0.717) is 11.5 Å². The fourth-order valence-electron chi connectivity index (χ4n) is 1.71. The Morgan fingerprint density at radius 2 is 2.00 bits per heavy atom. The van der Waals surface area contributed by atoms with Gasteiger partial charge in [-0.15, -0.1) is 0 Å². The van der Waals surface area contributed by atoms with E-state index in [1.165, 1.54) is 0 Å². The fourth-order valence-corrected chi connectivity index (χ4v) is 1.84. The molecule has 0 aliphatic rings. The molecule has 0 unspecified atom stereocenters. The van der Waals surface area contributed by atoms with Gasteiger partial charge in [0.25, 0.3) is 0 Å². The van der Waals surface area contributed by atoms with Gasteiger partial charge in [-0.25, -0.2) is 0 Å². The smallest absolute Gasteiger partial charge is 0.389 e. The van der Waals surface area contributed by atoms with Gasteiger partial charge in [-0.2, -0.15) is 13.2 Å². The molecule has 0 fully saturated rings. The highest BCUT2D eigenvalue weighted by atomic mass is 32.1. The molecule has 0 radical (unpaired) electrons. The second kappa shape index (κ2) is 6.34. The Balaban J connectivity index is 2.64. The molecule has 1 rings (SSSR count). The van der Waals surface area contributed by atoms with Crippen LogP contribution < -0.4 is 5.73 Å². The van der Waals surface area contributed by atoms with Crippen molar-refractivity contribution in [3.05, 3.63) is 34.9 Å². The summed E-state index contributed by atoms with van der Waals surface area (Å²) >= 11 is 4.88. The van der Waals surface area contributed by atoms with Gasteiger partial charge in [0.2, 0.25) is 0 Å². The lowest BCUT2D eigenvalue weighted by atomic mass is 10.0. The Bertz CT molecular complexity index is 458. The summed E-state index contributed by atoms with van der Waals surface area (Å²) in [5.74, 6) is 0. The Labute approximate surface area is 116 Å². The first-order valence-corrected chi connectivity index (χ1v) is 6.24. The van der Waals surface area contributed by atoms with E-state index in [4.69, 9.17) is 18.0 Å². The van der Waals surface area contributed by atoms with Gasteiger partial charge in [0.05, 0.1) is 6.42 Å². The van der Waals surface area contributed by atoms with Crippen molar-refractivity contribution in [2.75, 3.05) is 13.6 Å². The van der Waals surface area contributed by atoms with E-state index in [9.17, 15) is 13.2 Å². The maximum absolute atomic E-state index is 12.1. The van der Waals surface area contributed by atoms with Crippen LogP contribution >= 0.6 is 12.2 Å². The number of alkyl halides is 3. The lowest BCUT2D eigenvalue weighted by Gasteiger charge is -2.19. The predicted octanol–water partition coefficient (Wildman–Crippen LogP) is 3.01. The van der Waals surface area contributed by atoms with Crippen molar-refractivity contribution >= 4 is 17.2 Å². The zero-order valence-electron chi connectivity index (χ0n) is 10.9. The first-order chi connectivity index (χ1) is 8.69. The summed E-state index contributed by atoms with van der Waals surface area (Å²) in [6.07, 6.45) is -4.91. The van der Waals surface area contributed by atoms with Gasteiger partial charge in [-0.3, -0.25) is 0 Å². The zero-order chi connectivity index (χ0) is 14.6. The van der Waals surface area contributed by atoms with Crippen LogP contribution in [0.4, 0.5) is 13.2 Å². The number of thiocarbonyl (C=S) groups is 1. The molecule has 0 aliphatic heterocycles. The summed E-state index contributed by atoms with van der Waals surface area (Å²) in [5.41, 5.74) is 8.25. The van der Waals surface area contributed by atoms with Gasteiger partial charge in [0.1, 0.15) is 4.99 Å². The lowest BCUT2D eigenvalue weighted by molar-refractivity contribution is -0.137. The van der Waals surface area contributed by atoms with Crippen molar-refractivity contribution in [3.8, 4) is 0 Å². The normalized spacial score (nSPS) is 11.9. The average Bonchev–Trinajstić information content (AvgIpc) is 2.28. The first kappa shape index (κ1) is 15.9. The van der Waals surface area contributed by atoms with Gasteiger partial charge in [-0.05, 0) is 31.2 Å². The summed E-state index contributed by atoms with van der Waals surface area (Å²) in [6.45, 7) is 2.36. The molecule has 106 valence electrons. The van der Waals surface area contributed by atoms with Crippen molar-refractivity contribution in [1.29, 1.82) is 0 Å². The zero-order valence-corrected chi connectivity index (χ0v) is 11.7. The van der Waals surface area contributed by atoms with Crippen LogP contribution in [-0.2, 0) is 6.54 Å². The second-order valence-electron chi connectivity index (χ2n) is 4.61. The number of nitrogens with zero attached hydrogens (tertiary/aromatic N) is 1. The number of rotatable bonds is 5. The third-order valence-electron chi connectivity index (χ3n) is 2.84. The fraction of sp³-hybridized carbons (Fsp3) is 0.462. The predicted molar refractivity (Wildman–Crippen MR) is 74.1 cm³/mol. The van der Waals surface area contributed by atoms with Crippen molar-refractivity contribution in [2.24, 2.45) is 5.73 Å². The van der Waals surface area contributed by atoms with Crippen LogP contribution in [0, 0.1) is 6.92 Å². The molecule has 19 heavy (non-hydrogen) atoms. The summed E-state index contributed by atoms with van der Waals surface area (Å²) < 4.78 is 36.4. The van der Waals surface area contributed by atoms with Crippen LogP contribution in [0.3, 0.4) is 0 Å². The number of aryl methyl sites for hydroxylation is 1. The quantitative estimate of drug-likeness (QED) is 0.845. The molecule has 6 heteroatoms. The maximum Gasteiger partial charge on any atom is 0.390 e. The summed E-state index contributed by atoms with van der Waals surface area (Å²) in [5, 5.41) is 0. The minimum atomic E-state index is -4.11. The van der Waals surface area contributed by atoms with E-state index >= 15 is 0 Å². The molecule has 0 saturated carbocycles. The molecule has 0 atom stereocenters. The van der Waals surface area contributed by atoms with E-state index in [0.717, 1.165) is 16.7 Å². The molecule has 0 heterocycles. The minimum Gasteiger partial charge on any atom is -0.389 e. The highest BCUT2D eigenvalue weighted by Crippen LogP contribution is 2.20. The van der Waals surface area contributed by atoms with E-state index < -0.39 is 12.6 Å². The molecule has 1 aromatic rings. The van der Waals surface area contributed by atoms with Crippen LogP contribution in [0.25, 0.3) is 0 Å². The Hall–Kier alpha value is -1.14. The number of nitrogens with two attached hydrogens (primary N) is 1. The molecule has 0 aromatic heterocycles. The highest BCUT2D eigenvalue weighted by molar-refractivity contribution is 7.80. The number of hydrogen-bond donors (Lipinski definition) is 1. The molecule has 2 N–H and O–H groups in total. The minimum absolute atomic E-state index is 0.0139. The van der Waals surface area contributed by atoms with Crippen molar-refractivity contribution < 1.29 is 13.2 Å². The van der Waals surface area contributed by atoms with E-state index in [1.807, 2.05) is 19.1 Å². The molecular formula is C13H17F3N2S. The van der Waals surface area contributed by atoms with Crippen LogP contribution in [0.1, 0.15) is 23.1 Å². The summed E-state index contributed by atoms with van der Waals surface area (Å²) in [4.78, 5) is 1.97. The molecule has 0 aliphatic carbocycles. The molecule has 0 spiro atoms. The van der Waals surface area contributed by atoms with Gasteiger partial charge in [0.15, 0.2) is 0 Å². The third kappa shape index (κ3) is 5.57. The Morgan fingerprint density at radius 1 is 1.37 bits per heavy atom. The molecular weight excluding hydrogens is 273 g/mol. The van der Waals surface area contributed by atoms with E-state index in [-0.39, 0.29) is 6.54 Å². The Kier molecular flexibility index (Phi) is 5.31. The molecule has 1 aromatic carbocycles. The molecule has 0 saturated heterocycles. The number of hydrogen-bond acceptors (Lipinski definition) is 2. The topological polar surface area (TPSA) is 29.3 Å². The van der Waals surface area contributed by atoms with Crippen LogP contribution in [-0.4, -0.2) is 29.7 Å². The average molecular weight is 290 g/mol. The summed E-state index contributed by atoms with van der Waals surface area (Å²) in [7, 11) is 1.67. The molecule has 2 nitrogen and oxygen atoms in total. The number of halogens is 3. The first-order valence-electron chi connectivity index (χ1n) is 5.83. The van der Waals surface area contributed by atoms with Crippen molar-refractivity contribution in [1.82, 2.24) is 4.90 Å². The molecule has 0 bridgehead atoms. The highest BCUT2D eigenvalue weighted by Gasteiger charge is 2.27. The second-order valence-corrected chi connectivity index (χ2v) is 5.05. The van der Waals surface area contributed by atoms with Gasteiger partial charge in [-0.1, -0.05) is 24.4 Å². The number of benzene rings is 1. The van der Waals surface area contributed by atoms with Crippen LogP contribution in [0.5, 0.6) is 0 Å². The SMILES string of the molecule is Cc1cc(C(N)=S)ccc1CN(C)CCC(F)(F)F. The third-order valence-corrected chi connectivity index (χ3v) is 3.08. The van der Waals surface area contributed by atoms with Gasteiger partial charge >= 0.3 is 6.18 Å². The van der Waals surface area contributed by atoms with Crippen LogP contribution in [0.2, 0.25) is 0 Å². The largest absolute Gasteiger partial charge is 0.390 e. The summed E-state index contributed by atoms with van der Waals surface area (Å²) in [6, 6.07) is 5.51. The van der Waals surface area contributed by atoms with Crippen molar-refractivity contribution in [2.45, 2.75) is 26.1 Å². The van der Waals surface area contributed by atoms with E-state index in [1.54, 1.807) is 18.0 Å². The Morgan fingerprint density at radius 3 is 2.47 bits per heavy atom. The van der Waals surface area contributed by atoms with Gasteiger partial charge in [0, 0.05) is 18.7 Å². The lowest BCUT2D eigenvalue weighted by Crippen LogP contribution is -2.24. The van der Waals surface area contributed by atoms with E-state index in [2.05, 4.69) is 0 Å². The van der Waals surface area contributed by atoms with Gasteiger partial charge < -0.3 is 10.6 Å². The van der Waals surface area contributed by atoms with Crippen molar-refractivity contribution in [3.63, 3.8) is 0 Å². The monoisotopic (exact) mass is 290 g/mol. The van der Waals surface area contributed by atoms with Crippen LogP contribution in [0.15, 0.2) is 18.2 Å². The molecule has 0 amide bonds. The maximum atomic E-state index is 12.1. The standard InChI is InChI=1S/C13H17F3N2S/c1-9-7-10(12(17)19)3-4-11(9)8-18(2)6-5-13(14,15)16/h3-4,7H,5-6,8H2,1-2H3,(H2,17,19).